The van der Waals surface area contributed by atoms with Crippen LogP contribution in [-0.2, 0) is 9.47 Å². The van der Waals surface area contributed by atoms with E-state index in [1.807, 2.05) is 0 Å². The van der Waals surface area contributed by atoms with Gasteiger partial charge in [0.25, 0.3) is 6.03 Å². The minimum atomic E-state index is -0.817. The molecule has 0 N–H and O–H groups in total. The van der Waals surface area contributed by atoms with E-state index in [-0.39, 0.29) is 12.2 Å². The molecule has 0 saturated carbocycles. The first-order valence-electron chi connectivity index (χ1n) is 8.10. The average molecular weight is 301 g/mol. The summed E-state index contributed by atoms with van der Waals surface area (Å²) in [6.07, 6.45) is 0.176. The van der Waals surface area contributed by atoms with Crippen LogP contribution in [-0.4, -0.2) is 79.3 Å². The van der Waals surface area contributed by atoms with Crippen molar-refractivity contribution in [3.63, 3.8) is 0 Å². The Kier molecular flexibility index (Phi) is 6.62. The predicted molar refractivity (Wildman–Crippen MR) is 87.1 cm³/mol. The molecule has 1 fully saturated rings. The largest absolute Gasteiger partial charge is 0.322 e. The summed E-state index contributed by atoms with van der Waals surface area (Å²) in [6.45, 7) is 14.7. The number of hydrogen-bond acceptors (Lipinski definition) is 5. The number of rotatable bonds is 4. The van der Waals surface area contributed by atoms with Crippen molar-refractivity contribution >= 4 is 0 Å². The zero-order valence-electron chi connectivity index (χ0n) is 15.4. The molecule has 0 spiro atoms. The molecule has 2 atom stereocenters. The van der Waals surface area contributed by atoms with Crippen LogP contribution in [0.25, 0.3) is 0 Å². The van der Waals surface area contributed by atoms with E-state index in [1.165, 1.54) is 0 Å². The van der Waals surface area contributed by atoms with E-state index in [0.717, 1.165) is 13.1 Å². The minimum absolute atomic E-state index is 0.0882. The molecule has 0 aromatic heterocycles. The molecule has 0 aliphatic carbocycles. The first-order chi connectivity index (χ1) is 9.60. The molecular weight excluding hydrogens is 266 g/mol. The lowest BCUT2D eigenvalue weighted by Crippen LogP contribution is -2.70. The van der Waals surface area contributed by atoms with Gasteiger partial charge in [0.2, 0.25) is 0 Å². The Morgan fingerprint density at radius 1 is 0.810 bits per heavy atom. The summed E-state index contributed by atoms with van der Waals surface area (Å²) in [5.41, 5.74) is 0. The summed E-state index contributed by atoms with van der Waals surface area (Å²) in [6, 6.07) is -0.146. The van der Waals surface area contributed by atoms with Crippen molar-refractivity contribution in [2.45, 2.75) is 71.9 Å². The Labute approximate surface area is 131 Å². The van der Waals surface area contributed by atoms with Gasteiger partial charge in [-0.3, -0.25) is 0 Å². The summed E-state index contributed by atoms with van der Waals surface area (Å²) < 4.78 is 12.7. The molecule has 21 heavy (non-hydrogen) atoms. The molecule has 0 bridgehead atoms. The third-order valence-electron chi connectivity index (χ3n) is 4.14. The Balaban J connectivity index is 3.22. The van der Waals surface area contributed by atoms with Gasteiger partial charge in [-0.1, -0.05) is 0 Å². The third kappa shape index (κ3) is 4.39. The fraction of sp³-hybridized carbons (Fsp3) is 1.00. The quantitative estimate of drug-likeness (QED) is 0.741. The van der Waals surface area contributed by atoms with E-state index in [4.69, 9.17) is 9.47 Å². The van der Waals surface area contributed by atoms with Gasteiger partial charge in [-0.25, -0.2) is 9.80 Å². The van der Waals surface area contributed by atoms with E-state index < -0.39 is 6.03 Å². The zero-order chi connectivity index (χ0) is 16.4. The maximum absolute atomic E-state index is 6.34. The molecular formula is C16H35N3O2. The predicted octanol–water partition coefficient (Wildman–Crippen LogP) is 2.03. The highest BCUT2D eigenvalue weighted by molar-refractivity contribution is 4.85. The SMILES string of the molecule is CC(C)OC1(OC(C)C)N(C)C(C)CN(C)CC(C)N1C. The van der Waals surface area contributed by atoms with Crippen LogP contribution in [0.5, 0.6) is 0 Å². The first-order valence-corrected chi connectivity index (χ1v) is 8.10. The van der Waals surface area contributed by atoms with Crippen molar-refractivity contribution in [1.29, 1.82) is 0 Å². The standard InChI is InChI=1S/C16H35N3O2/c1-12(2)20-16(21-13(3)4)18(8)14(5)10-17(7)11-15(6)19(16)9/h12-15H,10-11H2,1-9H3. The topological polar surface area (TPSA) is 28.2 Å². The molecule has 1 saturated heterocycles. The van der Waals surface area contributed by atoms with Crippen LogP contribution in [0, 0.1) is 0 Å². The number of nitrogens with zero attached hydrogens (tertiary/aromatic N) is 3. The number of hydrogen-bond donors (Lipinski definition) is 0. The molecule has 0 aromatic carbocycles. The van der Waals surface area contributed by atoms with Gasteiger partial charge < -0.3 is 14.4 Å². The van der Waals surface area contributed by atoms with Crippen LogP contribution in [0.2, 0.25) is 0 Å². The van der Waals surface area contributed by atoms with E-state index in [2.05, 4.69) is 77.4 Å². The minimum Gasteiger partial charge on any atom is -0.322 e. The van der Waals surface area contributed by atoms with Crippen molar-refractivity contribution in [2.24, 2.45) is 0 Å². The van der Waals surface area contributed by atoms with Crippen molar-refractivity contribution < 1.29 is 9.47 Å². The third-order valence-corrected chi connectivity index (χ3v) is 4.14. The van der Waals surface area contributed by atoms with Gasteiger partial charge >= 0.3 is 0 Å². The summed E-state index contributed by atoms with van der Waals surface area (Å²) in [5, 5.41) is 0. The van der Waals surface area contributed by atoms with E-state index in [1.54, 1.807) is 0 Å². The Morgan fingerprint density at radius 3 is 1.43 bits per heavy atom. The van der Waals surface area contributed by atoms with E-state index >= 15 is 0 Å². The molecule has 5 nitrogen and oxygen atoms in total. The second-order valence-electron chi connectivity index (χ2n) is 7.02. The fourth-order valence-corrected chi connectivity index (χ4v) is 3.00. The Hall–Kier alpha value is -0.200. The Morgan fingerprint density at radius 2 is 1.14 bits per heavy atom. The smallest absolute Gasteiger partial charge is 0.297 e. The van der Waals surface area contributed by atoms with Gasteiger partial charge in [-0.05, 0) is 62.7 Å². The molecule has 1 heterocycles. The molecule has 0 aromatic rings. The lowest BCUT2D eigenvalue weighted by atomic mass is 10.2. The molecule has 5 heteroatoms. The summed E-state index contributed by atoms with van der Waals surface area (Å²) in [5.74, 6) is 0. The maximum Gasteiger partial charge on any atom is 0.297 e. The van der Waals surface area contributed by atoms with E-state index in [0.29, 0.717) is 12.1 Å². The first kappa shape index (κ1) is 18.8. The van der Waals surface area contributed by atoms with Gasteiger partial charge in [0.05, 0.1) is 12.2 Å². The van der Waals surface area contributed by atoms with Gasteiger partial charge in [0.1, 0.15) is 0 Å². The van der Waals surface area contributed by atoms with Crippen LogP contribution in [0.1, 0.15) is 41.5 Å². The molecule has 0 radical (unpaired) electrons. The molecule has 0 amide bonds. The summed E-state index contributed by atoms with van der Waals surface area (Å²) >= 11 is 0. The van der Waals surface area contributed by atoms with Crippen molar-refractivity contribution in [1.82, 2.24) is 14.7 Å². The molecule has 1 aliphatic rings. The summed E-state index contributed by atoms with van der Waals surface area (Å²) in [7, 11) is 6.36. The van der Waals surface area contributed by atoms with Gasteiger partial charge in [0, 0.05) is 25.2 Å². The zero-order valence-corrected chi connectivity index (χ0v) is 15.4. The average Bonchev–Trinajstić information content (AvgIpc) is 2.33. The second kappa shape index (κ2) is 7.38. The Bertz CT molecular complexity index is 293. The van der Waals surface area contributed by atoms with Crippen molar-refractivity contribution in [3.05, 3.63) is 0 Å². The normalized spacial score (nSPS) is 29.9. The van der Waals surface area contributed by atoms with Crippen LogP contribution >= 0.6 is 0 Å². The lowest BCUT2D eigenvalue weighted by molar-refractivity contribution is -0.415. The van der Waals surface area contributed by atoms with Crippen LogP contribution in [0.3, 0.4) is 0 Å². The number of likely N-dealkylation sites (N-methyl/N-ethyl adjacent to an activating group) is 3. The highest BCUT2D eigenvalue weighted by Gasteiger charge is 2.48. The summed E-state index contributed by atoms with van der Waals surface area (Å²) in [4.78, 5) is 6.81. The number of ether oxygens (including phenoxy) is 2. The van der Waals surface area contributed by atoms with Crippen molar-refractivity contribution in [3.8, 4) is 0 Å². The van der Waals surface area contributed by atoms with Crippen LogP contribution < -0.4 is 0 Å². The van der Waals surface area contributed by atoms with Gasteiger partial charge in [-0.2, -0.15) is 0 Å². The maximum atomic E-state index is 6.34. The molecule has 126 valence electrons. The van der Waals surface area contributed by atoms with Gasteiger partial charge in [-0.15, -0.1) is 0 Å². The highest BCUT2D eigenvalue weighted by atomic mass is 16.8. The molecule has 1 aliphatic heterocycles. The van der Waals surface area contributed by atoms with Crippen LogP contribution in [0.15, 0.2) is 0 Å². The fourth-order valence-electron chi connectivity index (χ4n) is 3.00. The van der Waals surface area contributed by atoms with E-state index in [9.17, 15) is 0 Å². The van der Waals surface area contributed by atoms with Crippen molar-refractivity contribution in [2.75, 3.05) is 34.2 Å². The van der Waals surface area contributed by atoms with Gasteiger partial charge in [0.15, 0.2) is 0 Å². The highest BCUT2D eigenvalue weighted by Crippen LogP contribution is 2.30. The van der Waals surface area contributed by atoms with Crippen LogP contribution in [0.4, 0.5) is 0 Å². The monoisotopic (exact) mass is 301 g/mol. The lowest BCUT2D eigenvalue weighted by Gasteiger charge is -2.54. The second-order valence-corrected chi connectivity index (χ2v) is 7.02. The molecule has 2 unspecified atom stereocenters. The molecule has 1 rings (SSSR count).